The Morgan fingerprint density at radius 1 is 1.16 bits per heavy atom. The van der Waals surface area contributed by atoms with E-state index in [4.69, 9.17) is 16.6 Å². The van der Waals surface area contributed by atoms with Crippen LogP contribution in [0.1, 0.15) is 38.5 Å². The van der Waals surface area contributed by atoms with Gasteiger partial charge in [-0.15, -0.1) is 0 Å². The van der Waals surface area contributed by atoms with Crippen LogP contribution in [0.15, 0.2) is 0 Å². The van der Waals surface area contributed by atoms with Gasteiger partial charge in [0.2, 0.25) is 17.7 Å². The van der Waals surface area contributed by atoms with Crippen molar-refractivity contribution in [1.29, 1.82) is 0 Å². The van der Waals surface area contributed by atoms with E-state index in [1.54, 1.807) is 0 Å². The topological polar surface area (TPSA) is 188 Å². The maximum absolute atomic E-state index is 13.1. The fourth-order valence-corrected chi connectivity index (χ4v) is 3.85. The molecule has 0 spiro atoms. The van der Waals surface area contributed by atoms with E-state index in [9.17, 15) is 24.3 Å². The monoisotopic (exact) mass is 461 g/mol. The number of aliphatic hydroxyl groups excluding tert-OH is 1. The fourth-order valence-electron chi connectivity index (χ4n) is 3.38. The highest BCUT2D eigenvalue weighted by atomic mass is 32.2. The van der Waals surface area contributed by atoms with Gasteiger partial charge in [-0.3, -0.25) is 14.4 Å². The number of unbranched alkanes of at least 4 members (excludes halogenated alkanes) is 1. The number of nitrogens with one attached hydrogen (secondary N) is 2. The quantitative estimate of drug-likeness (QED) is 0.163. The second-order valence-corrected chi connectivity index (χ2v) is 8.49. The molecule has 178 valence electrons. The molecule has 12 heteroatoms. The van der Waals surface area contributed by atoms with Crippen LogP contribution in [0, 0.1) is 0 Å². The highest BCUT2D eigenvalue weighted by Gasteiger charge is 2.38. The molecule has 0 aromatic carbocycles. The Morgan fingerprint density at radius 3 is 2.45 bits per heavy atom. The zero-order valence-electron chi connectivity index (χ0n) is 17.9. The van der Waals surface area contributed by atoms with Crippen LogP contribution in [0.2, 0.25) is 0 Å². The lowest BCUT2D eigenvalue weighted by Gasteiger charge is -2.30. The lowest BCUT2D eigenvalue weighted by molar-refractivity contribution is -0.145. The first kappa shape index (κ1) is 27.1. The normalized spacial score (nSPS) is 18.8. The van der Waals surface area contributed by atoms with E-state index < -0.39 is 54.5 Å². The molecule has 31 heavy (non-hydrogen) atoms. The number of rotatable bonds is 14. The minimum atomic E-state index is -1.15. The number of carboxylic acids is 1. The number of aliphatic hydroxyl groups is 1. The van der Waals surface area contributed by atoms with Gasteiger partial charge in [0.15, 0.2) is 0 Å². The summed E-state index contributed by atoms with van der Waals surface area (Å²) in [5.41, 5.74) is 11.0. The number of carbonyl (C=O) groups excluding carboxylic acids is 3. The average Bonchev–Trinajstić information content (AvgIpc) is 3.24. The van der Waals surface area contributed by atoms with Gasteiger partial charge in [0.05, 0.1) is 6.61 Å². The van der Waals surface area contributed by atoms with E-state index in [2.05, 4.69) is 10.6 Å². The van der Waals surface area contributed by atoms with E-state index in [0.29, 0.717) is 50.9 Å². The summed E-state index contributed by atoms with van der Waals surface area (Å²) < 4.78 is 0. The zero-order chi connectivity index (χ0) is 23.4. The molecule has 4 atom stereocenters. The third kappa shape index (κ3) is 8.63. The number of carboxylic acid groups (broad SMARTS) is 1. The van der Waals surface area contributed by atoms with E-state index in [1.165, 1.54) is 16.7 Å². The van der Waals surface area contributed by atoms with Gasteiger partial charge in [-0.05, 0) is 57.1 Å². The molecule has 0 saturated carbocycles. The van der Waals surface area contributed by atoms with Crippen molar-refractivity contribution < 1.29 is 29.4 Å². The smallest absolute Gasteiger partial charge is 0.326 e. The standard InChI is InChI=1S/C19H35N5O6S/c1-31-10-7-13(22-16(26)12(21)11-25)18(28)24-9-4-6-15(24)17(27)23-14(19(29)30)5-2-3-8-20/h12-15,25H,2-11,20-21H2,1H3,(H,22,26)(H,23,27)(H,29,30). The lowest BCUT2D eigenvalue weighted by atomic mass is 10.1. The van der Waals surface area contributed by atoms with Crippen molar-refractivity contribution in [3.63, 3.8) is 0 Å². The third-order valence-corrected chi connectivity index (χ3v) is 5.80. The van der Waals surface area contributed by atoms with Gasteiger partial charge in [-0.1, -0.05) is 0 Å². The number of carbonyl (C=O) groups is 4. The Morgan fingerprint density at radius 2 is 1.87 bits per heavy atom. The minimum absolute atomic E-state index is 0.254. The van der Waals surface area contributed by atoms with Gasteiger partial charge in [0, 0.05) is 6.54 Å². The SMILES string of the molecule is CSCCC(NC(=O)C(N)CO)C(=O)N1CCCC1C(=O)NC(CCCCN)C(=O)O. The molecule has 4 unspecified atom stereocenters. The van der Waals surface area contributed by atoms with Crippen LogP contribution in [0.5, 0.6) is 0 Å². The maximum atomic E-state index is 13.1. The molecular weight excluding hydrogens is 426 g/mol. The summed E-state index contributed by atoms with van der Waals surface area (Å²) in [4.78, 5) is 50.9. The molecule has 1 rings (SSSR count). The van der Waals surface area contributed by atoms with E-state index >= 15 is 0 Å². The number of likely N-dealkylation sites (tertiary alicyclic amines) is 1. The molecule has 8 N–H and O–H groups in total. The molecule has 1 fully saturated rings. The number of hydrogen-bond donors (Lipinski definition) is 6. The lowest BCUT2D eigenvalue weighted by Crippen LogP contribution is -2.57. The van der Waals surface area contributed by atoms with Crippen LogP contribution in [0.25, 0.3) is 0 Å². The number of nitrogens with two attached hydrogens (primary N) is 2. The first-order chi connectivity index (χ1) is 14.8. The van der Waals surface area contributed by atoms with Gasteiger partial charge in [-0.25, -0.2) is 4.79 Å². The molecule has 0 aromatic heterocycles. The van der Waals surface area contributed by atoms with Crippen molar-refractivity contribution >= 4 is 35.5 Å². The summed E-state index contributed by atoms with van der Waals surface area (Å²) in [6, 6.07) is -3.88. The Hall–Kier alpha value is -1.89. The molecule has 1 aliphatic rings. The molecule has 3 amide bonds. The number of amides is 3. The molecule has 1 saturated heterocycles. The van der Waals surface area contributed by atoms with E-state index in [-0.39, 0.29) is 6.42 Å². The predicted molar refractivity (Wildman–Crippen MR) is 117 cm³/mol. The number of hydrogen-bond acceptors (Lipinski definition) is 8. The summed E-state index contributed by atoms with van der Waals surface area (Å²) in [6.45, 7) is 0.221. The third-order valence-electron chi connectivity index (χ3n) is 5.16. The summed E-state index contributed by atoms with van der Waals surface area (Å²) in [6.07, 6.45) is 4.68. The second kappa shape index (κ2) is 14.2. The molecule has 0 aliphatic carbocycles. The predicted octanol–water partition coefficient (Wildman–Crippen LogP) is -1.77. The first-order valence-electron chi connectivity index (χ1n) is 10.5. The molecular formula is C19H35N5O6S. The zero-order valence-corrected chi connectivity index (χ0v) is 18.7. The average molecular weight is 462 g/mol. The highest BCUT2D eigenvalue weighted by Crippen LogP contribution is 2.20. The van der Waals surface area contributed by atoms with Crippen LogP contribution in [-0.4, -0.2) is 94.7 Å². The summed E-state index contributed by atoms with van der Waals surface area (Å²) in [7, 11) is 0. The van der Waals surface area contributed by atoms with Crippen LogP contribution in [-0.2, 0) is 19.2 Å². The van der Waals surface area contributed by atoms with Crippen LogP contribution >= 0.6 is 11.8 Å². The van der Waals surface area contributed by atoms with Crippen molar-refractivity contribution in [2.75, 3.05) is 31.7 Å². The Balaban J connectivity index is 2.86. The second-order valence-electron chi connectivity index (χ2n) is 7.51. The van der Waals surface area contributed by atoms with Gasteiger partial charge < -0.3 is 37.2 Å². The highest BCUT2D eigenvalue weighted by molar-refractivity contribution is 7.98. The van der Waals surface area contributed by atoms with Gasteiger partial charge in [0.25, 0.3) is 0 Å². The first-order valence-corrected chi connectivity index (χ1v) is 11.9. The number of aliphatic carboxylic acids is 1. The molecule has 1 aliphatic heterocycles. The van der Waals surface area contributed by atoms with Gasteiger partial charge >= 0.3 is 5.97 Å². The van der Waals surface area contributed by atoms with Crippen molar-refractivity contribution in [1.82, 2.24) is 15.5 Å². The van der Waals surface area contributed by atoms with Crippen LogP contribution < -0.4 is 22.1 Å². The Kier molecular flexibility index (Phi) is 12.5. The summed E-state index contributed by atoms with van der Waals surface area (Å²) in [5, 5.41) is 23.6. The van der Waals surface area contributed by atoms with Crippen molar-refractivity contribution in [2.24, 2.45) is 11.5 Å². The van der Waals surface area contributed by atoms with E-state index in [0.717, 1.165) is 0 Å². The molecule has 0 aromatic rings. The van der Waals surface area contributed by atoms with Crippen molar-refractivity contribution in [2.45, 2.75) is 62.7 Å². The van der Waals surface area contributed by atoms with Gasteiger partial charge in [-0.2, -0.15) is 11.8 Å². The largest absolute Gasteiger partial charge is 0.480 e. The van der Waals surface area contributed by atoms with Gasteiger partial charge in [0.1, 0.15) is 24.2 Å². The van der Waals surface area contributed by atoms with Crippen LogP contribution in [0.3, 0.4) is 0 Å². The molecule has 0 bridgehead atoms. The number of thioether (sulfide) groups is 1. The fraction of sp³-hybridized carbons (Fsp3) is 0.789. The van der Waals surface area contributed by atoms with Crippen LogP contribution in [0.4, 0.5) is 0 Å². The maximum Gasteiger partial charge on any atom is 0.326 e. The van der Waals surface area contributed by atoms with Crippen molar-refractivity contribution in [3.8, 4) is 0 Å². The summed E-state index contributed by atoms with van der Waals surface area (Å²) >= 11 is 1.50. The minimum Gasteiger partial charge on any atom is -0.480 e. The van der Waals surface area contributed by atoms with E-state index in [1.807, 2.05) is 6.26 Å². The summed E-state index contributed by atoms with van der Waals surface area (Å²) in [5.74, 6) is -2.12. The molecule has 0 radical (unpaired) electrons. The van der Waals surface area contributed by atoms with Crippen molar-refractivity contribution in [3.05, 3.63) is 0 Å². The Labute approximate surface area is 186 Å². The molecule has 1 heterocycles. The Bertz CT molecular complexity index is 623. The number of nitrogens with zero attached hydrogens (tertiary/aromatic N) is 1. The molecule has 11 nitrogen and oxygen atoms in total.